The van der Waals surface area contributed by atoms with Gasteiger partial charge in [-0.1, -0.05) is 5.10 Å². The smallest absolute Gasteiger partial charge is 0.242 e. The van der Waals surface area contributed by atoms with Gasteiger partial charge >= 0.3 is 0 Å². The largest absolute Gasteiger partial charge is 0.393 e. The van der Waals surface area contributed by atoms with Crippen molar-refractivity contribution in [3.63, 3.8) is 0 Å². The minimum atomic E-state index is -0.0854. The fourth-order valence-electron chi connectivity index (χ4n) is 1.96. The van der Waals surface area contributed by atoms with Gasteiger partial charge in [0.25, 0.3) is 0 Å². The third kappa shape index (κ3) is 2.65. The summed E-state index contributed by atoms with van der Waals surface area (Å²) in [4.78, 5) is 0. The second kappa shape index (κ2) is 4.57. The normalized spacial score (nSPS) is 26.5. The van der Waals surface area contributed by atoms with Crippen LogP contribution >= 0.6 is 0 Å². The molecule has 0 aromatic carbocycles. The Morgan fingerprint density at radius 3 is 2.73 bits per heavy atom. The molecule has 0 radical (unpaired) electrons. The summed E-state index contributed by atoms with van der Waals surface area (Å²) >= 11 is 0. The number of aliphatic hydroxyl groups excluding tert-OH is 1. The first-order chi connectivity index (χ1) is 7.25. The van der Waals surface area contributed by atoms with E-state index in [4.69, 9.17) is 0 Å². The molecule has 0 aliphatic heterocycles. The van der Waals surface area contributed by atoms with Crippen LogP contribution < -0.4 is 5.32 Å². The first-order valence-electron chi connectivity index (χ1n) is 5.40. The molecule has 1 saturated carbocycles. The lowest BCUT2D eigenvalue weighted by molar-refractivity contribution is 0.111. The molecule has 84 valence electrons. The van der Waals surface area contributed by atoms with E-state index in [1.54, 1.807) is 4.68 Å². The van der Waals surface area contributed by atoms with E-state index in [9.17, 15) is 5.11 Å². The van der Waals surface area contributed by atoms with Gasteiger partial charge in [0, 0.05) is 13.6 Å². The molecule has 0 bridgehead atoms. The summed E-state index contributed by atoms with van der Waals surface area (Å²) in [6.45, 7) is 0.890. The maximum atomic E-state index is 9.37. The van der Waals surface area contributed by atoms with Gasteiger partial charge in [-0.25, -0.2) is 4.68 Å². The second-order valence-corrected chi connectivity index (χ2v) is 4.18. The Morgan fingerprint density at radius 1 is 1.40 bits per heavy atom. The molecule has 1 heterocycles. The summed E-state index contributed by atoms with van der Waals surface area (Å²) < 4.78 is 1.62. The zero-order valence-corrected chi connectivity index (χ0v) is 8.93. The summed E-state index contributed by atoms with van der Waals surface area (Å²) in [6, 6.07) is 0. The van der Waals surface area contributed by atoms with Crippen LogP contribution in [0.25, 0.3) is 0 Å². The maximum absolute atomic E-state index is 9.37. The lowest BCUT2D eigenvalue weighted by Crippen LogP contribution is -2.24. The molecular formula is C9H17N5O. The van der Waals surface area contributed by atoms with Crippen LogP contribution in [-0.4, -0.2) is 38.0 Å². The average molecular weight is 211 g/mol. The molecule has 0 spiro atoms. The molecule has 1 aromatic rings. The van der Waals surface area contributed by atoms with Gasteiger partial charge < -0.3 is 10.4 Å². The van der Waals surface area contributed by atoms with Gasteiger partial charge in [-0.15, -0.1) is 0 Å². The predicted molar refractivity (Wildman–Crippen MR) is 55.3 cm³/mol. The first-order valence-corrected chi connectivity index (χ1v) is 5.40. The van der Waals surface area contributed by atoms with Crippen LogP contribution in [0, 0.1) is 5.92 Å². The van der Waals surface area contributed by atoms with Crippen molar-refractivity contribution in [3.05, 3.63) is 0 Å². The summed E-state index contributed by atoms with van der Waals surface area (Å²) in [7, 11) is 1.81. The number of nitrogens with zero attached hydrogens (tertiary/aromatic N) is 4. The Balaban J connectivity index is 1.77. The van der Waals surface area contributed by atoms with E-state index in [2.05, 4.69) is 20.8 Å². The zero-order chi connectivity index (χ0) is 10.7. The molecule has 0 atom stereocenters. The van der Waals surface area contributed by atoms with Crippen molar-refractivity contribution >= 4 is 5.95 Å². The molecular weight excluding hydrogens is 194 g/mol. The molecule has 2 N–H and O–H groups in total. The molecule has 6 nitrogen and oxygen atoms in total. The average Bonchev–Trinajstić information content (AvgIpc) is 2.63. The van der Waals surface area contributed by atoms with E-state index < -0.39 is 0 Å². The number of aliphatic hydroxyl groups is 1. The van der Waals surface area contributed by atoms with Crippen LogP contribution in [0.15, 0.2) is 0 Å². The quantitative estimate of drug-likeness (QED) is 0.745. The van der Waals surface area contributed by atoms with Crippen LogP contribution in [-0.2, 0) is 7.05 Å². The molecule has 6 heteroatoms. The van der Waals surface area contributed by atoms with Crippen LogP contribution in [0.3, 0.4) is 0 Å². The summed E-state index contributed by atoms with van der Waals surface area (Å²) in [5, 5.41) is 23.7. The van der Waals surface area contributed by atoms with E-state index >= 15 is 0 Å². The standard InChI is InChI=1S/C9H17N5O/c1-14-9(11-12-13-14)10-6-7-2-4-8(15)5-3-7/h7-8,15H,2-6H2,1H3,(H,10,11,13). The minimum absolute atomic E-state index is 0.0854. The fourth-order valence-corrected chi connectivity index (χ4v) is 1.96. The van der Waals surface area contributed by atoms with Gasteiger partial charge in [0.1, 0.15) is 0 Å². The van der Waals surface area contributed by atoms with Crippen molar-refractivity contribution in [3.8, 4) is 0 Å². The lowest BCUT2D eigenvalue weighted by atomic mass is 9.87. The van der Waals surface area contributed by atoms with E-state index in [-0.39, 0.29) is 6.10 Å². The highest BCUT2D eigenvalue weighted by molar-refractivity contribution is 5.20. The van der Waals surface area contributed by atoms with Crippen molar-refractivity contribution in [2.45, 2.75) is 31.8 Å². The fraction of sp³-hybridized carbons (Fsp3) is 0.889. The maximum Gasteiger partial charge on any atom is 0.242 e. The van der Waals surface area contributed by atoms with Crippen molar-refractivity contribution in [1.82, 2.24) is 20.2 Å². The molecule has 2 rings (SSSR count). The lowest BCUT2D eigenvalue weighted by Gasteiger charge is -2.25. The number of aryl methyl sites for hydroxylation is 1. The van der Waals surface area contributed by atoms with Crippen LogP contribution in [0.5, 0.6) is 0 Å². The Morgan fingerprint density at radius 2 is 2.13 bits per heavy atom. The number of rotatable bonds is 3. The van der Waals surface area contributed by atoms with Crippen molar-refractivity contribution in [2.24, 2.45) is 13.0 Å². The highest BCUT2D eigenvalue weighted by Crippen LogP contribution is 2.24. The SMILES string of the molecule is Cn1nnnc1NCC1CCC(O)CC1. The molecule has 1 fully saturated rings. The van der Waals surface area contributed by atoms with Crippen molar-refractivity contribution in [1.29, 1.82) is 0 Å². The van der Waals surface area contributed by atoms with E-state index in [1.807, 2.05) is 7.05 Å². The number of tetrazole rings is 1. The molecule has 0 amide bonds. The molecule has 1 aliphatic rings. The van der Waals surface area contributed by atoms with Gasteiger partial charge in [0.05, 0.1) is 6.10 Å². The third-order valence-electron chi connectivity index (χ3n) is 2.99. The number of hydrogen-bond donors (Lipinski definition) is 2. The third-order valence-corrected chi connectivity index (χ3v) is 2.99. The molecule has 15 heavy (non-hydrogen) atoms. The number of nitrogens with one attached hydrogen (secondary N) is 1. The monoisotopic (exact) mass is 211 g/mol. The topological polar surface area (TPSA) is 75.9 Å². The van der Waals surface area contributed by atoms with E-state index in [1.165, 1.54) is 0 Å². The van der Waals surface area contributed by atoms with Crippen molar-refractivity contribution < 1.29 is 5.11 Å². The first kappa shape index (κ1) is 10.4. The Hall–Kier alpha value is -1.17. The predicted octanol–water partition coefficient (Wildman–Crippen LogP) is 0.173. The number of anilines is 1. The van der Waals surface area contributed by atoms with Gasteiger partial charge in [-0.2, -0.15) is 0 Å². The molecule has 0 unspecified atom stereocenters. The molecule has 1 aliphatic carbocycles. The number of hydrogen-bond acceptors (Lipinski definition) is 5. The van der Waals surface area contributed by atoms with Gasteiger partial charge in [-0.05, 0) is 42.0 Å². The Kier molecular flexibility index (Phi) is 3.15. The highest BCUT2D eigenvalue weighted by atomic mass is 16.3. The summed E-state index contributed by atoms with van der Waals surface area (Å²) in [5.41, 5.74) is 0. The zero-order valence-electron chi connectivity index (χ0n) is 8.93. The van der Waals surface area contributed by atoms with Gasteiger partial charge in [0.2, 0.25) is 5.95 Å². The van der Waals surface area contributed by atoms with Gasteiger partial charge in [-0.3, -0.25) is 0 Å². The number of aromatic nitrogens is 4. The Labute approximate surface area is 88.7 Å². The Bertz CT molecular complexity index is 305. The second-order valence-electron chi connectivity index (χ2n) is 4.18. The van der Waals surface area contributed by atoms with Crippen molar-refractivity contribution in [2.75, 3.05) is 11.9 Å². The summed E-state index contributed by atoms with van der Waals surface area (Å²) in [6.07, 6.45) is 3.92. The molecule has 1 aromatic heterocycles. The summed E-state index contributed by atoms with van der Waals surface area (Å²) in [5.74, 6) is 1.34. The van der Waals surface area contributed by atoms with Crippen LogP contribution in [0.4, 0.5) is 5.95 Å². The van der Waals surface area contributed by atoms with Crippen LogP contribution in [0.1, 0.15) is 25.7 Å². The van der Waals surface area contributed by atoms with Gasteiger partial charge in [0.15, 0.2) is 0 Å². The highest BCUT2D eigenvalue weighted by Gasteiger charge is 2.19. The van der Waals surface area contributed by atoms with Crippen LogP contribution in [0.2, 0.25) is 0 Å². The molecule has 0 saturated heterocycles. The van der Waals surface area contributed by atoms with E-state index in [0.717, 1.165) is 32.2 Å². The van der Waals surface area contributed by atoms with E-state index in [0.29, 0.717) is 11.9 Å². The minimum Gasteiger partial charge on any atom is -0.393 e.